The third kappa shape index (κ3) is 6.82. The quantitative estimate of drug-likeness (QED) is 0.265. The lowest BCUT2D eigenvalue weighted by Crippen LogP contribution is -2.51. The number of nitrogen functional groups attached to an aromatic ring is 1. The lowest BCUT2D eigenvalue weighted by atomic mass is 9.93. The standard InChI is InChI=1S/C24H32F2N3O9P/c1-13(2)35-21(31)14(3)11-39(34,38-16-8-6-5-7-9-16)37-15(4)18-19(30)24(33,12-25)22(36-18)29-10-17(26)20(27)28-23(29)32/h5-10,13-15,18-19,22,30,33H,11-12H2,1-4H3,(H2,27,28,32)/t14-,15+,18-,19+,22-,24?,39-/m1/s1. The number of nitrogens with zero attached hydrogens (tertiary/aromatic N) is 2. The van der Waals surface area contributed by atoms with Crippen molar-refractivity contribution in [2.75, 3.05) is 18.6 Å². The van der Waals surface area contributed by atoms with E-state index in [1.165, 1.54) is 26.0 Å². The number of carbonyl (C=O) groups excluding carboxylic acids is 1. The van der Waals surface area contributed by atoms with Gasteiger partial charge in [-0.15, -0.1) is 0 Å². The highest BCUT2D eigenvalue weighted by Gasteiger charge is 2.59. The van der Waals surface area contributed by atoms with E-state index in [0.717, 1.165) is 0 Å². The monoisotopic (exact) mass is 575 g/mol. The number of hydrogen-bond acceptors (Lipinski definition) is 11. The van der Waals surface area contributed by atoms with Gasteiger partial charge in [-0.25, -0.2) is 18.1 Å². The lowest BCUT2D eigenvalue weighted by molar-refractivity contribution is -0.151. The van der Waals surface area contributed by atoms with Gasteiger partial charge in [0, 0.05) is 0 Å². The van der Waals surface area contributed by atoms with E-state index in [1.54, 1.807) is 32.0 Å². The average molecular weight is 576 g/mol. The molecule has 1 saturated heterocycles. The molecule has 216 valence electrons. The molecule has 0 saturated carbocycles. The third-order valence-electron chi connectivity index (χ3n) is 5.97. The molecule has 2 aromatic rings. The molecule has 1 aromatic heterocycles. The number of rotatable bonds is 11. The Labute approximate surface area is 223 Å². The van der Waals surface area contributed by atoms with Gasteiger partial charge in [0.2, 0.25) is 0 Å². The van der Waals surface area contributed by atoms with E-state index < -0.39 is 85.9 Å². The molecular weight excluding hydrogens is 543 g/mol. The molecule has 1 aliphatic heterocycles. The van der Waals surface area contributed by atoms with Crippen LogP contribution in [0.1, 0.15) is 33.9 Å². The molecule has 0 amide bonds. The second-order valence-corrected chi connectivity index (χ2v) is 11.6. The molecule has 1 aliphatic rings. The van der Waals surface area contributed by atoms with Crippen molar-refractivity contribution >= 4 is 19.4 Å². The van der Waals surface area contributed by atoms with Gasteiger partial charge >= 0.3 is 19.3 Å². The first kappa shape index (κ1) is 30.6. The van der Waals surface area contributed by atoms with E-state index in [9.17, 15) is 33.1 Å². The zero-order chi connectivity index (χ0) is 29.1. The van der Waals surface area contributed by atoms with Crippen LogP contribution in [0.4, 0.5) is 14.6 Å². The Hall–Kier alpha value is -2.90. The van der Waals surface area contributed by atoms with Crippen LogP contribution in [-0.2, 0) is 23.4 Å². The number of aliphatic hydroxyl groups excluding tert-OH is 1. The largest absolute Gasteiger partial charge is 0.463 e. The van der Waals surface area contributed by atoms with Crippen molar-refractivity contribution in [3.8, 4) is 5.75 Å². The smallest absolute Gasteiger partial charge is 0.380 e. The second-order valence-electron chi connectivity index (χ2n) is 9.58. The Morgan fingerprint density at radius 1 is 1.28 bits per heavy atom. The van der Waals surface area contributed by atoms with Crippen molar-refractivity contribution in [1.29, 1.82) is 0 Å². The zero-order valence-corrected chi connectivity index (χ0v) is 22.7. The molecule has 0 bridgehead atoms. The van der Waals surface area contributed by atoms with Crippen molar-refractivity contribution in [2.24, 2.45) is 5.92 Å². The van der Waals surface area contributed by atoms with E-state index in [4.69, 9.17) is 24.3 Å². The van der Waals surface area contributed by atoms with Gasteiger partial charge in [-0.05, 0) is 32.9 Å². The predicted octanol–water partition coefficient (Wildman–Crippen LogP) is 2.19. The van der Waals surface area contributed by atoms with Crippen LogP contribution in [0.15, 0.2) is 41.3 Å². The maximum absolute atomic E-state index is 14.1. The first-order chi connectivity index (χ1) is 18.2. The van der Waals surface area contributed by atoms with Gasteiger partial charge in [-0.2, -0.15) is 4.98 Å². The summed E-state index contributed by atoms with van der Waals surface area (Å²) in [6.07, 6.45) is -7.25. The highest BCUT2D eigenvalue weighted by atomic mass is 31.2. The lowest BCUT2D eigenvalue weighted by Gasteiger charge is -2.30. The van der Waals surface area contributed by atoms with E-state index in [0.29, 0.717) is 10.8 Å². The van der Waals surface area contributed by atoms with Crippen LogP contribution in [0.3, 0.4) is 0 Å². The third-order valence-corrected chi connectivity index (χ3v) is 8.10. The minimum Gasteiger partial charge on any atom is -0.463 e. The summed E-state index contributed by atoms with van der Waals surface area (Å²) < 4.78 is 64.7. The highest BCUT2D eigenvalue weighted by Crippen LogP contribution is 2.53. The Morgan fingerprint density at radius 3 is 2.51 bits per heavy atom. The van der Waals surface area contributed by atoms with Gasteiger partial charge in [0.1, 0.15) is 24.6 Å². The minimum absolute atomic E-state index is 0.151. The van der Waals surface area contributed by atoms with Crippen LogP contribution < -0.4 is 15.9 Å². The predicted molar refractivity (Wildman–Crippen MR) is 134 cm³/mol. The molecule has 0 radical (unpaired) electrons. The van der Waals surface area contributed by atoms with Gasteiger partial charge in [-0.3, -0.25) is 13.9 Å². The number of nitrogens with two attached hydrogens (primary N) is 1. The van der Waals surface area contributed by atoms with Crippen LogP contribution in [-0.4, -0.2) is 68.6 Å². The fourth-order valence-corrected chi connectivity index (χ4v) is 6.12. The Bertz CT molecular complexity index is 1270. The molecular formula is C24H32F2N3O9P. The SMILES string of the molecule is CC(C)OC(=O)[C@H](C)C[P@](=O)(Oc1ccccc1)O[C@@H](C)[C@H]1O[C@@H](n2cc(F)c(N)nc2=O)C(O)(CF)[C@H]1O. The summed E-state index contributed by atoms with van der Waals surface area (Å²) >= 11 is 0. The number of aliphatic hydroxyl groups is 2. The molecule has 4 N–H and O–H groups in total. The van der Waals surface area contributed by atoms with Crippen molar-refractivity contribution < 1.29 is 46.9 Å². The number of alkyl halides is 1. The van der Waals surface area contributed by atoms with E-state index in [-0.39, 0.29) is 5.75 Å². The minimum atomic E-state index is -4.22. The maximum Gasteiger partial charge on any atom is 0.380 e. The average Bonchev–Trinajstić information content (AvgIpc) is 3.12. The van der Waals surface area contributed by atoms with Crippen LogP contribution in [0.25, 0.3) is 0 Å². The van der Waals surface area contributed by atoms with Crippen molar-refractivity contribution in [3.63, 3.8) is 0 Å². The van der Waals surface area contributed by atoms with Crippen LogP contribution >= 0.6 is 7.60 Å². The highest BCUT2D eigenvalue weighted by molar-refractivity contribution is 7.54. The summed E-state index contributed by atoms with van der Waals surface area (Å²) in [7, 11) is -4.22. The van der Waals surface area contributed by atoms with Gasteiger partial charge in [0.15, 0.2) is 23.5 Å². The van der Waals surface area contributed by atoms with Crippen molar-refractivity contribution in [1.82, 2.24) is 9.55 Å². The van der Waals surface area contributed by atoms with Gasteiger partial charge in [-0.1, -0.05) is 25.1 Å². The number of hydrogen-bond donors (Lipinski definition) is 3. The number of carbonyl (C=O) groups is 1. The van der Waals surface area contributed by atoms with Gasteiger partial charge in [0.05, 0.1) is 30.5 Å². The second kappa shape index (κ2) is 12.1. The van der Waals surface area contributed by atoms with Gasteiger partial charge < -0.3 is 29.9 Å². The topological polar surface area (TPSA) is 172 Å². The van der Waals surface area contributed by atoms with Crippen LogP contribution in [0, 0.1) is 11.7 Å². The number of ether oxygens (including phenoxy) is 2. The van der Waals surface area contributed by atoms with E-state index >= 15 is 0 Å². The molecule has 39 heavy (non-hydrogen) atoms. The van der Waals surface area contributed by atoms with Crippen molar-refractivity contribution in [2.45, 2.75) is 63.9 Å². The summed E-state index contributed by atoms with van der Waals surface area (Å²) in [6, 6.07) is 7.94. The molecule has 1 aromatic carbocycles. The van der Waals surface area contributed by atoms with E-state index in [1.807, 2.05) is 0 Å². The van der Waals surface area contributed by atoms with E-state index in [2.05, 4.69) is 4.98 Å². The van der Waals surface area contributed by atoms with Crippen LogP contribution in [0.2, 0.25) is 0 Å². The molecule has 3 rings (SSSR count). The summed E-state index contributed by atoms with van der Waals surface area (Å²) in [5.41, 5.74) is 1.37. The number of benzene rings is 1. The molecule has 7 atom stereocenters. The first-order valence-corrected chi connectivity index (χ1v) is 13.8. The zero-order valence-electron chi connectivity index (χ0n) is 21.8. The summed E-state index contributed by atoms with van der Waals surface area (Å²) in [6.45, 7) is 4.46. The fourth-order valence-electron chi connectivity index (χ4n) is 4.03. The number of esters is 1. The summed E-state index contributed by atoms with van der Waals surface area (Å²) in [4.78, 5) is 28.0. The number of halogens is 2. The van der Waals surface area contributed by atoms with Crippen LogP contribution in [0.5, 0.6) is 5.75 Å². The molecule has 0 aliphatic carbocycles. The first-order valence-electron chi connectivity index (χ1n) is 12.1. The number of para-hydroxylation sites is 1. The van der Waals surface area contributed by atoms with Crippen molar-refractivity contribution in [3.05, 3.63) is 52.8 Å². The molecule has 0 spiro atoms. The molecule has 15 heteroatoms. The fraction of sp³-hybridized carbons (Fsp3) is 0.542. The Kier molecular flexibility index (Phi) is 9.50. The number of anilines is 1. The molecule has 1 unspecified atom stereocenters. The summed E-state index contributed by atoms with van der Waals surface area (Å²) in [5.74, 6) is -3.32. The Morgan fingerprint density at radius 2 is 1.92 bits per heavy atom. The Balaban J connectivity index is 1.91. The normalized spacial score (nSPS) is 26.1. The molecule has 1 fully saturated rings. The summed E-state index contributed by atoms with van der Waals surface area (Å²) in [5, 5.41) is 21.7. The van der Waals surface area contributed by atoms with Gasteiger partial charge in [0.25, 0.3) is 0 Å². The number of aromatic nitrogens is 2. The molecule has 12 nitrogen and oxygen atoms in total. The molecule has 2 heterocycles. The maximum atomic E-state index is 14.1.